The van der Waals surface area contributed by atoms with Crippen LogP contribution in [0.15, 0.2) is 73.1 Å². The van der Waals surface area contributed by atoms with Gasteiger partial charge in [-0.05, 0) is 36.4 Å². The molecule has 0 saturated carbocycles. The standard InChI is InChI=1S/C26H24N4O5/c1-33-22-10-9-18(14-23(22)34-16-19-15-29-12-5-4-8-24(29)27-19)28-25(31)11-13-30-20-6-2-3-7-21(20)35-17-26(30)32/h2-10,12,14-15H,11,13,16-17H2,1H3,(H,28,31). The van der Waals surface area contributed by atoms with Gasteiger partial charge in [-0.25, -0.2) is 4.98 Å². The van der Waals surface area contributed by atoms with Crippen LogP contribution in [-0.2, 0) is 16.2 Å². The Bertz CT molecular complexity index is 1350. The minimum absolute atomic E-state index is 0.0376. The van der Waals surface area contributed by atoms with E-state index in [1.165, 1.54) is 0 Å². The van der Waals surface area contributed by atoms with Crippen LogP contribution in [-0.4, -0.2) is 41.5 Å². The number of carbonyl (C=O) groups excluding carboxylic acids is 2. The van der Waals surface area contributed by atoms with E-state index >= 15 is 0 Å². The number of hydrogen-bond donors (Lipinski definition) is 1. The third-order valence-corrected chi connectivity index (χ3v) is 5.61. The SMILES string of the molecule is COc1ccc(NC(=O)CCN2C(=O)COc3ccccc32)cc1OCc1cn2ccccc2n1. The van der Waals surface area contributed by atoms with Gasteiger partial charge in [-0.3, -0.25) is 9.59 Å². The fraction of sp³-hybridized carbons (Fsp3) is 0.192. The van der Waals surface area contributed by atoms with Crippen molar-refractivity contribution in [2.75, 3.05) is 30.5 Å². The summed E-state index contributed by atoms with van der Waals surface area (Å²) in [5.41, 5.74) is 2.83. The molecule has 0 atom stereocenters. The molecule has 0 aliphatic carbocycles. The third kappa shape index (κ3) is 4.89. The van der Waals surface area contributed by atoms with Gasteiger partial charge in [0.1, 0.15) is 18.0 Å². The van der Waals surface area contributed by atoms with E-state index in [2.05, 4.69) is 10.3 Å². The number of nitrogens with zero attached hydrogens (tertiary/aromatic N) is 3. The van der Waals surface area contributed by atoms with Crippen molar-refractivity contribution in [2.24, 2.45) is 0 Å². The molecule has 2 aromatic heterocycles. The van der Waals surface area contributed by atoms with Gasteiger partial charge in [-0.1, -0.05) is 18.2 Å². The Morgan fingerprint density at radius 1 is 1.11 bits per heavy atom. The smallest absolute Gasteiger partial charge is 0.265 e. The Labute approximate surface area is 201 Å². The highest BCUT2D eigenvalue weighted by Crippen LogP contribution is 2.32. The molecule has 0 radical (unpaired) electrons. The number of methoxy groups -OCH3 is 1. The first-order chi connectivity index (χ1) is 17.1. The van der Waals surface area contributed by atoms with Crippen molar-refractivity contribution in [3.05, 3.63) is 78.8 Å². The lowest BCUT2D eigenvalue weighted by Gasteiger charge is -2.29. The van der Waals surface area contributed by atoms with Gasteiger partial charge in [0.25, 0.3) is 5.91 Å². The molecule has 5 rings (SSSR count). The molecule has 35 heavy (non-hydrogen) atoms. The van der Waals surface area contributed by atoms with Gasteiger partial charge < -0.3 is 28.8 Å². The first-order valence-corrected chi connectivity index (χ1v) is 11.2. The maximum atomic E-state index is 12.7. The highest BCUT2D eigenvalue weighted by Gasteiger charge is 2.25. The number of imidazole rings is 1. The maximum absolute atomic E-state index is 12.7. The van der Waals surface area contributed by atoms with Gasteiger partial charge in [0.15, 0.2) is 18.1 Å². The fourth-order valence-electron chi connectivity index (χ4n) is 3.91. The number of aromatic nitrogens is 2. The molecule has 0 bridgehead atoms. The van der Waals surface area contributed by atoms with Gasteiger partial charge >= 0.3 is 0 Å². The van der Waals surface area contributed by atoms with Gasteiger partial charge in [0, 0.05) is 37.1 Å². The molecular weight excluding hydrogens is 448 g/mol. The molecule has 2 aromatic carbocycles. The zero-order valence-corrected chi connectivity index (χ0v) is 19.1. The molecule has 178 valence electrons. The summed E-state index contributed by atoms with van der Waals surface area (Å²) in [6.07, 6.45) is 3.95. The summed E-state index contributed by atoms with van der Waals surface area (Å²) in [4.78, 5) is 31.1. The van der Waals surface area contributed by atoms with Crippen LogP contribution in [0.1, 0.15) is 12.1 Å². The van der Waals surface area contributed by atoms with Crippen LogP contribution in [0.3, 0.4) is 0 Å². The zero-order valence-electron chi connectivity index (χ0n) is 19.1. The Morgan fingerprint density at radius 3 is 2.83 bits per heavy atom. The average molecular weight is 473 g/mol. The number of pyridine rings is 1. The number of benzene rings is 2. The molecule has 0 saturated heterocycles. The number of rotatable bonds is 8. The number of carbonyl (C=O) groups is 2. The molecule has 0 spiro atoms. The lowest BCUT2D eigenvalue weighted by atomic mass is 10.2. The predicted molar refractivity (Wildman–Crippen MR) is 130 cm³/mol. The van der Waals surface area contributed by atoms with E-state index in [0.717, 1.165) is 11.3 Å². The summed E-state index contributed by atoms with van der Waals surface area (Å²) in [7, 11) is 1.56. The Hall–Kier alpha value is -4.53. The molecule has 0 fully saturated rings. The minimum atomic E-state index is -0.224. The summed E-state index contributed by atoms with van der Waals surface area (Å²) in [5.74, 6) is 1.26. The summed E-state index contributed by atoms with van der Waals surface area (Å²) >= 11 is 0. The summed E-state index contributed by atoms with van der Waals surface area (Å²) in [5, 5.41) is 2.87. The van der Waals surface area contributed by atoms with E-state index in [-0.39, 0.29) is 38.0 Å². The van der Waals surface area contributed by atoms with Crippen molar-refractivity contribution >= 4 is 28.8 Å². The van der Waals surface area contributed by atoms with Crippen LogP contribution in [0.25, 0.3) is 5.65 Å². The zero-order chi connectivity index (χ0) is 24.2. The van der Waals surface area contributed by atoms with Crippen LogP contribution >= 0.6 is 0 Å². The molecule has 4 aromatic rings. The lowest BCUT2D eigenvalue weighted by molar-refractivity contribution is -0.121. The predicted octanol–water partition coefficient (Wildman–Crippen LogP) is 3.68. The molecule has 3 heterocycles. The second kappa shape index (κ2) is 9.76. The Kier molecular flexibility index (Phi) is 6.21. The van der Waals surface area contributed by atoms with E-state index in [4.69, 9.17) is 14.2 Å². The first-order valence-electron chi connectivity index (χ1n) is 11.2. The second-order valence-corrected chi connectivity index (χ2v) is 7.95. The number of nitrogens with one attached hydrogen (secondary N) is 1. The summed E-state index contributed by atoms with van der Waals surface area (Å²) in [6, 6.07) is 18.3. The van der Waals surface area contributed by atoms with Crippen molar-refractivity contribution in [2.45, 2.75) is 13.0 Å². The monoisotopic (exact) mass is 472 g/mol. The molecule has 2 amide bonds. The first kappa shape index (κ1) is 22.3. The van der Waals surface area contributed by atoms with E-state index in [1.54, 1.807) is 42.3 Å². The molecule has 1 aliphatic rings. The number of para-hydroxylation sites is 2. The average Bonchev–Trinajstić information content (AvgIpc) is 3.30. The van der Waals surface area contributed by atoms with Crippen LogP contribution in [0, 0.1) is 0 Å². The van der Waals surface area contributed by atoms with Gasteiger partial charge in [0.2, 0.25) is 5.91 Å². The molecule has 1 N–H and O–H groups in total. The lowest BCUT2D eigenvalue weighted by Crippen LogP contribution is -2.40. The van der Waals surface area contributed by atoms with Crippen LogP contribution in [0.4, 0.5) is 11.4 Å². The van der Waals surface area contributed by atoms with Crippen molar-refractivity contribution < 1.29 is 23.8 Å². The quantitative estimate of drug-likeness (QED) is 0.421. The van der Waals surface area contributed by atoms with Crippen LogP contribution < -0.4 is 24.4 Å². The molecular formula is C26H24N4O5. The van der Waals surface area contributed by atoms with Crippen molar-refractivity contribution in [3.8, 4) is 17.2 Å². The fourth-order valence-corrected chi connectivity index (χ4v) is 3.91. The maximum Gasteiger partial charge on any atom is 0.265 e. The number of ether oxygens (including phenoxy) is 3. The minimum Gasteiger partial charge on any atom is -0.493 e. The van der Waals surface area contributed by atoms with Crippen LogP contribution in [0.2, 0.25) is 0 Å². The number of fused-ring (bicyclic) bond motifs is 2. The van der Waals surface area contributed by atoms with E-state index in [1.807, 2.05) is 47.1 Å². The molecule has 9 heteroatoms. The second-order valence-electron chi connectivity index (χ2n) is 7.95. The topological polar surface area (TPSA) is 94.4 Å². The van der Waals surface area contributed by atoms with Crippen molar-refractivity contribution in [1.82, 2.24) is 9.38 Å². The highest BCUT2D eigenvalue weighted by atomic mass is 16.5. The Morgan fingerprint density at radius 2 is 1.97 bits per heavy atom. The summed E-state index contributed by atoms with van der Waals surface area (Å²) < 4.78 is 18.7. The van der Waals surface area contributed by atoms with E-state index in [0.29, 0.717) is 28.6 Å². The molecule has 9 nitrogen and oxygen atoms in total. The number of hydrogen-bond acceptors (Lipinski definition) is 6. The Balaban J connectivity index is 1.23. The van der Waals surface area contributed by atoms with E-state index < -0.39 is 0 Å². The molecule has 1 aliphatic heterocycles. The molecule has 0 unspecified atom stereocenters. The van der Waals surface area contributed by atoms with Gasteiger partial charge in [-0.2, -0.15) is 0 Å². The third-order valence-electron chi connectivity index (χ3n) is 5.61. The van der Waals surface area contributed by atoms with Crippen LogP contribution in [0.5, 0.6) is 17.2 Å². The van der Waals surface area contributed by atoms with Gasteiger partial charge in [-0.15, -0.1) is 0 Å². The number of anilines is 2. The summed E-state index contributed by atoms with van der Waals surface area (Å²) in [6.45, 7) is 0.455. The van der Waals surface area contributed by atoms with E-state index in [9.17, 15) is 9.59 Å². The van der Waals surface area contributed by atoms with Crippen molar-refractivity contribution in [3.63, 3.8) is 0 Å². The number of amides is 2. The van der Waals surface area contributed by atoms with Crippen molar-refractivity contribution in [1.29, 1.82) is 0 Å². The normalized spacial score (nSPS) is 12.7. The highest BCUT2D eigenvalue weighted by molar-refractivity contribution is 5.99. The largest absolute Gasteiger partial charge is 0.493 e. The van der Waals surface area contributed by atoms with Gasteiger partial charge in [0.05, 0.1) is 18.5 Å².